The monoisotopic (exact) mass is 559 g/mol. The van der Waals surface area contributed by atoms with Crippen molar-refractivity contribution in [3.8, 4) is 11.5 Å². The van der Waals surface area contributed by atoms with E-state index in [-0.39, 0.29) is 34.6 Å². The number of nitrogens with zero attached hydrogens (tertiary/aromatic N) is 2. The Morgan fingerprint density at radius 3 is 2.43 bits per heavy atom. The number of rotatable bonds is 8. The molecule has 0 bridgehead atoms. The van der Waals surface area contributed by atoms with Crippen LogP contribution in [0.1, 0.15) is 12.5 Å². The van der Waals surface area contributed by atoms with Crippen LogP contribution in [0.4, 0.5) is 11.4 Å². The topological polar surface area (TPSA) is 137 Å². The number of non-ortho nitro benzene ring substituents is 1. The fourth-order valence-electron chi connectivity index (χ4n) is 3.12. The molecule has 0 radical (unpaired) electrons. The third-order valence-corrected chi connectivity index (χ3v) is 7.22. The highest BCUT2D eigenvalue weighted by atomic mass is 35.5. The van der Waals surface area contributed by atoms with Gasteiger partial charge < -0.3 is 14.2 Å². The smallest absolute Gasteiger partial charge is 0.339 e. The quantitative estimate of drug-likeness (QED) is 0.170. The summed E-state index contributed by atoms with van der Waals surface area (Å²) in [4.78, 5) is 27.1. The molecule has 1 amide bonds. The maximum absolute atomic E-state index is 12.7. The Balaban J connectivity index is 1.56. The maximum Gasteiger partial charge on any atom is 0.339 e. The van der Waals surface area contributed by atoms with Crippen molar-refractivity contribution in [3.05, 3.63) is 92.3 Å². The van der Waals surface area contributed by atoms with Crippen LogP contribution in [0.15, 0.2) is 81.5 Å². The largest absolute Gasteiger partial charge is 0.490 e. The summed E-state index contributed by atoms with van der Waals surface area (Å²) in [6, 6.07) is 15.7. The number of amides is 1. The van der Waals surface area contributed by atoms with Gasteiger partial charge in [-0.25, -0.2) is 4.99 Å². The van der Waals surface area contributed by atoms with E-state index in [1.807, 2.05) is 0 Å². The molecule has 1 N–H and O–H groups in total. The van der Waals surface area contributed by atoms with Crippen molar-refractivity contribution < 1.29 is 27.1 Å². The molecule has 1 saturated heterocycles. The predicted molar refractivity (Wildman–Crippen MR) is 141 cm³/mol. The number of thioether (sulfide) groups is 1. The number of amidine groups is 1. The van der Waals surface area contributed by atoms with Crippen LogP contribution in [-0.4, -0.2) is 31.0 Å². The van der Waals surface area contributed by atoms with Gasteiger partial charge in [0, 0.05) is 17.2 Å². The normalized spacial score (nSPS) is 15.6. The van der Waals surface area contributed by atoms with Gasteiger partial charge in [0.2, 0.25) is 0 Å². The van der Waals surface area contributed by atoms with Gasteiger partial charge in [-0.2, -0.15) is 8.42 Å². The Kier molecular flexibility index (Phi) is 7.81. The van der Waals surface area contributed by atoms with E-state index in [0.717, 1.165) is 36.0 Å². The van der Waals surface area contributed by atoms with Gasteiger partial charge in [0.05, 0.1) is 22.1 Å². The average molecular weight is 560 g/mol. The number of nitro groups is 1. The van der Waals surface area contributed by atoms with Crippen LogP contribution >= 0.6 is 23.4 Å². The lowest BCUT2D eigenvalue weighted by Gasteiger charge is -2.12. The highest BCUT2D eigenvalue weighted by molar-refractivity contribution is 8.18. The molecule has 0 atom stereocenters. The molecule has 1 aliphatic rings. The number of carbonyl (C=O) groups is 1. The first-order chi connectivity index (χ1) is 17.6. The lowest BCUT2D eigenvalue weighted by molar-refractivity contribution is -0.384. The van der Waals surface area contributed by atoms with Crippen molar-refractivity contribution in [2.45, 2.75) is 11.8 Å². The number of benzene rings is 3. The second kappa shape index (κ2) is 11.0. The fraction of sp³-hybridized carbons (Fsp3) is 0.0833. The van der Waals surface area contributed by atoms with E-state index < -0.39 is 15.0 Å². The van der Waals surface area contributed by atoms with Crippen molar-refractivity contribution in [2.75, 3.05) is 6.61 Å². The summed E-state index contributed by atoms with van der Waals surface area (Å²) < 4.78 is 36.2. The maximum atomic E-state index is 12.7. The number of nitro benzene ring substituents is 1. The summed E-state index contributed by atoms with van der Waals surface area (Å²) in [5.74, 6) is -0.270. The lowest BCUT2D eigenvalue weighted by atomic mass is 10.2. The number of hydrogen-bond acceptors (Lipinski definition) is 9. The molecule has 0 aromatic heterocycles. The molecule has 0 unspecified atom stereocenters. The Bertz CT molecular complexity index is 1520. The zero-order valence-electron chi connectivity index (χ0n) is 19.1. The number of carbonyl (C=O) groups excluding carboxylic acids is 1. The van der Waals surface area contributed by atoms with E-state index in [2.05, 4.69) is 10.3 Å². The molecule has 10 nitrogen and oxygen atoms in total. The van der Waals surface area contributed by atoms with E-state index in [9.17, 15) is 23.3 Å². The Morgan fingerprint density at radius 2 is 1.78 bits per heavy atom. The van der Waals surface area contributed by atoms with E-state index >= 15 is 0 Å². The molecule has 3 aromatic carbocycles. The number of aliphatic imine (C=N–C) groups is 1. The first kappa shape index (κ1) is 26.2. The van der Waals surface area contributed by atoms with Gasteiger partial charge in [-0.1, -0.05) is 17.7 Å². The van der Waals surface area contributed by atoms with Crippen molar-refractivity contribution in [2.24, 2.45) is 4.99 Å². The molecule has 4 rings (SSSR count). The summed E-state index contributed by atoms with van der Waals surface area (Å²) >= 11 is 7.03. The van der Waals surface area contributed by atoms with Gasteiger partial charge in [0.25, 0.3) is 11.6 Å². The Hall–Kier alpha value is -3.87. The summed E-state index contributed by atoms with van der Waals surface area (Å²) in [6.07, 6.45) is 1.61. The van der Waals surface area contributed by atoms with Crippen LogP contribution in [0.2, 0.25) is 5.02 Å². The summed E-state index contributed by atoms with van der Waals surface area (Å²) in [7, 11) is -4.29. The van der Waals surface area contributed by atoms with Crippen LogP contribution in [0.25, 0.3) is 6.08 Å². The number of halogens is 1. The van der Waals surface area contributed by atoms with Crippen molar-refractivity contribution in [3.63, 3.8) is 0 Å². The average Bonchev–Trinajstić information content (AvgIpc) is 3.20. The van der Waals surface area contributed by atoms with E-state index in [1.165, 1.54) is 6.07 Å². The third kappa shape index (κ3) is 6.47. The van der Waals surface area contributed by atoms with Crippen LogP contribution in [0.3, 0.4) is 0 Å². The lowest BCUT2D eigenvalue weighted by Crippen LogP contribution is -2.19. The second-order valence-electron chi connectivity index (χ2n) is 7.39. The minimum atomic E-state index is -4.29. The molecular formula is C24H18ClN3O7S2. The number of nitrogens with one attached hydrogen (secondary N) is 1. The van der Waals surface area contributed by atoms with Gasteiger partial charge in [0.1, 0.15) is 4.90 Å². The molecule has 190 valence electrons. The van der Waals surface area contributed by atoms with Crippen LogP contribution in [-0.2, 0) is 14.9 Å². The summed E-state index contributed by atoms with van der Waals surface area (Å²) in [5, 5.41) is 14.5. The van der Waals surface area contributed by atoms with Crippen LogP contribution < -0.4 is 14.2 Å². The van der Waals surface area contributed by atoms with Crippen LogP contribution in [0.5, 0.6) is 11.5 Å². The molecular weight excluding hydrogens is 542 g/mol. The van der Waals surface area contributed by atoms with Gasteiger partial charge in [0.15, 0.2) is 16.7 Å². The number of ether oxygens (including phenoxy) is 1. The second-order valence-corrected chi connectivity index (χ2v) is 10.4. The molecule has 0 aliphatic carbocycles. The minimum absolute atomic E-state index is 0.0733. The summed E-state index contributed by atoms with van der Waals surface area (Å²) in [6.45, 7) is 1.95. The first-order valence-electron chi connectivity index (χ1n) is 10.7. The van der Waals surface area contributed by atoms with Gasteiger partial charge in [-0.15, -0.1) is 0 Å². The highest BCUT2D eigenvalue weighted by Gasteiger charge is 2.25. The molecule has 13 heteroatoms. The first-order valence-corrected chi connectivity index (χ1v) is 13.3. The van der Waals surface area contributed by atoms with Crippen molar-refractivity contribution in [1.29, 1.82) is 0 Å². The standard InChI is InChI=1S/C24H18ClN3O7S2/c1-2-34-21-13-15(14-22-23(29)27-24(36-22)26-17-6-4-16(25)5-7-17)3-12-20(21)35-37(32,33)19-10-8-18(9-11-19)28(30)31/h3-14H,2H2,1H3,(H,26,27,29)/b22-14+. The fourth-order valence-corrected chi connectivity index (χ4v) is 5.02. The molecule has 3 aromatic rings. The zero-order chi connectivity index (χ0) is 26.6. The van der Waals surface area contributed by atoms with Crippen molar-refractivity contribution >= 4 is 62.0 Å². The minimum Gasteiger partial charge on any atom is -0.490 e. The van der Waals surface area contributed by atoms with Gasteiger partial charge in [-0.05, 0) is 78.9 Å². The van der Waals surface area contributed by atoms with Gasteiger partial charge in [-0.3, -0.25) is 14.9 Å². The Labute approximate surface area is 221 Å². The third-order valence-electron chi connectivity index (χ3n) is 4.81. The molecule has 0 spiro atoms. The molecule has 0 saturated carbocycles. The Morgan fingerprint density at radius 1 is 1.08 bits per heavy atom. The SMILES string of the molecule is CCOc1cc(/C=C2/SC(=Nc3ccc(Cl)cc3)NC2=O)ccc1OS(=O)(=O)c1ccc([N+](=O)[O-])cc1. The van der Waals surface area contributed by atoms with Crippen molar-refractivity contribution in [1.82, 2.24) is 5.32 Å². The number of hydrogen-bond donors (Lipinski definition) is 1. The molecule has 1 heterocycles. The highest BCUT2D eigenvalue weighted by Crippen LogP contribution is 2.34. The van der Waals surface area contributed by atoms with E-state index in [4.69, 9.17) is 20.5 Å². The van der Waals surface area contributed by atoms with E-state index in [0.29, 0.717) is 26.3 Å². The molecule has 37 heavy (non-hydrogen) atoms. The predicted octanol–water partition coefficient (Wildman–Crippen LogP) is 5.31. The molecule has 1 fully saturated rings. The van der Waals surface area contributed by atoms with E-state index in [1.54, 1.807) is 49.4 Å². The zero-order valence-corrected chi connectivity index (χ0v) is 21.5. The summed E-state index contributed by atoms with van der Waals surface area (Å²) in [5.41, 5.74) is 0.943. The van der Waals surface area contributed by atoms with Gasteiger partial charge >= 0.3 is 10.1 Å². The van der Waals surface area contributed by atoms with Crippen LogP contribution in [0, 0.1) is 10.1 Å². The molecule has 1 aliphatic heterocycles.